The number of ether oxygens (including phenoxy) is 1. The molecule has 4 rings (SSSR count). The molecule has 212 valence electrons. The van der Waals surface area contributed by atoms with Crippen LogP contribution in [0, 0.1) is 0 Å². The van der Waals surface area contributed by atoms with E-state index in [1.807, 2.05) is 6.92 Å². The first kappa shape index (κ1) is 28.7. The smallest absolute Gasteiger partial charge is 0.406 e. The van der Waals surface area contributed by atoms with Crippen molar-refractivity contribution in [1.29, 1.82) is 0 Å². The third kappa shape index (κ3) is 7.03. The van der Waals surface area contributed by atoms with Crippen LogP contribution in [-0.4, -0.2) is 47.7 Å². The van der Waals surface area contributed by atoms with Crippen molar-refractivity contribution in [3.05, 3.63) is 65.2 Å². The van der Waals surface area contributed by atoms with Gasteiger partial charge in [-0.3, -0.25) is 9.59 Å². The number of nitrogens with two attached hydrogens (primary N) is 1. The van der Waals surface area contributed by atoms with Gasteiger partial charge in [0.25, 0.3) is 0 Å². The van der Waals surface area contributed by atoms with Crippen LogP contribution in [0.1, 0.15) is 49.3 Å². The van der Waals surface area contributed by atoms with Gasteiger partial charge in [-0.1, -0.05) is 24.3 Å². The summed E-state index contributed by atoms with van der Waals surface area (Å²) in [6, 6.07) is 8.35. The topological polar surface area (TPSA) is 84.7 Å². The maximum atomic E-state index is 13.5. The zero-order valence-electron chi connectivity index (χ0n) is 21.2. The standard InChI is InChI=1S/C27H29F6N3O3/c1-24(34)12-14-36(15-13-24)22(37)21(16-17-2-4-19(5-3-17)26(28,29)30)35-23(38)25(10-11-25)18-6-8-20(9-7-18)39-27(31,32)33/h2-9,21H,10-16,34H2,1H3,(H,35,38). The summed E-state index contributed by atoms with van der Waals surface area (Å²) in [5.41, 5.74) is 4.81. The largest absolute Gasteiger partial charge is 0.573 e. The molecule has 0 spiro atoms. The first-order valence-corrected chi connectivity index (χ1v) is 12.5. The van der Waals surface area contributed by atoms with Crippen LogP contribution in [-0.2, 0) is 27.6 Å². The predicted octanol–water partition coefficient (Wildman–Crippen LogP) is 4.70. The minimum absolute atomic E-state index is 0.0342. The van der Waals surface area contributed by atoms with Crippen molar-refractivity contribution in [3.8, 4) is 5.75 Å². The van der Waals surface area contributed by atoms with E-state index in [0.29, 0.717) is 49.9 Å². The van der Waals surface area contributed by atoms with Gasteiger partial charge >= 0.3 is 12.5 Å². The molecule has 0 bridgehead atoms. The summed E-state index contributed by atoms with van der Waals surface area (Å²) in [6.07, 6.45) is -7.44. The van der Waals surface area contributed by atoms with Gasteiger partial charge < -0.3 is 20.7 Å². The maximum absolute atomic E-state index is 13.5. The number of carbonyl (C=O) groups is 2. The number of carbonyl (C=O) groups excluding carboxylic acids is 2. The van der Waals surface area contributed by atoms with Crippen LogP contribution in [0.15, 0.2) is 48.5 Å². The van der Waals surface area contributed by atoms with Crippen LogP contribution < -0.4 is 15.8 Å². The van der Waals surface area contributed by atoms with Gasteiger partial charge in [0.2, 0.25) is 11.8 Å². The average Bonchev–Trinajstić information content (AvgIpc) is 3.65. The summed E-state index contributed by atoms with van der Waals surface area (Å²) in [5, 5.41) is 2.79. The highest BCUT2D eigenvalue weighted by molar-refractivity contribution is 5.95. The quantitative estimate of drug-likeness (QED) is 0.484. The van der Waals surface area contributed by atoms with Crippen LogP contribution in [0.25, 0.3) is 0 Å². The first-order valence-electron chi connectivity index (χ1n) is 12.5. The Hall–Kier alpha value is -3.28. The van der Waals surface area contributed by atoms with Crippen LogP contribution in [0.2, 0.25) is 0 Å². The number of nitrogens with zero attached hydrogens (tertiary/aromatic N) is 1. The molecule has 3 N–H and O–H groups in total. The third-order valence-corrected chi connectivity index (χ3v) is 7.37. The Bertz CT molecular complexity index is 1180. The molecule has 1 unspecified atom stereocenters. The van der Waals surface area contributed by atoms with Crippen molar-refractivity contribution in [2.45, 2.75) is 68.6 Å². The Morgan fingerprint density at radius 3 is 2.00 bits per heavy atom. The number of halogens is 6. The number of hydrogen-bond acceptors (Lipinski definition) is 4. The molecular weight excluding hydrogens is 528 g/mol. The zero-order valence-corrected chi connectivity index (χ0v) is 21.2. The molecular formula is C27H29F6N3O3. The highest BCUT2D eigenvalue weighted by Crippen LogP contribution is 2.49. The fourth-order valence-corrected chi connectivity index (χ4v) is 4.77. The van der Waals surface area contributed by atoms with Gasteiger partial charge in [0.05, 0.1) is 11.0 Å². The molecule has 1 saturated carbocycles. The fourth-order valence-electron chi connectivity index (χ4n) is 4.77. The van der Waals surface area contributed by atoms with Crippen LogP contribution in [0.3, 0.4) is 0 Å². The van der Waals surface area contributed by atoms with Gasteiger partial charge in [0.15, 0.2) is 0 Å². The molecule has 39 heavy (non-hydrogen) atoms. The van der Waals surface area contributed by atoms with Gasteiger partial charge in [0.1, 0.15) is 11.8 Å². The van der Waals surface area contributed by atoms with Crippen molar-refractivity contribution in [3.63, 3.8) is 0 Å². The number of nitrogens with one attached hydrogen (secondary N) is 1. The number of piperidine rings is 1. The summed E-state index contributed by atoms with van der Waals surface area (Å²) in [7, 11) is 0. The lowest BCUT2D eigenvalue weighted by Crippen LogP contribution is -2.56. The molecule has 1 aliphatic heterocycles. The number of likely N-dealkylation sites (tertiary alicyclic amines) is 1. The monoisotopic (exact) mass is 557 g/mol. The Morgan fingerprint density at radius 1 is 0.949 bits per heavy atom. The Labute approximate surface area is 221 Å². The number of hydrogen-bond donors (Lipinski definition) is 2. The third-order valence-electron chi connectivity index (χ3n) is 7.37. The fraction of sp³-hybridized carbons (Fsp3) is 0.481. The molecule has 0 radical (unpaired) electrons. The molecule has 6 nitrogen and oxygen atoms in total. The lowest BCUT2D eigenvalue weighted by Gasteiger charge is -2.38. The summed E-state index contributed by atoms with van der Waals surface area (Å²) in [4.78, 5) is 28.5. The van der Waals surface area contributed by atoms with E-state index in [1.54, 1.807) is 4.90 Å². The molecule has 2 aliphatic rings. The van der Waals surface area contributed by atoms with E-state index in [-0.39, 0.29) is 12.3 Å². The molecule has 2 aromatic carbocycles. The summed E-state index contributed by atoms with van der Waals surface area (Å²) in [6.45, 7) is 2.63. The number of amides is 2. The minimum Gasteiger partial charge on any atom is -0.406 e. The number of alkyl halides is 6. The van der Waals surface area contributed by atoms with E-state index in [1.165, 1.54) is 24.3 Å². The van der Waals surface area contributed by atoms with E-state index in [9.17, 15) is 35.9 Å². The van der Waals surface area contributed by atoms with Crippen molar-refractivity contribution >= 4 is 11.8 Å². The van der Waals surface area contributed by atoms with Crippen LogP contribution >= 0.6 is 0 Å². The second-order valence-corrected chi connectivity index (χ2v) is 10.6. The maximum Gasteiger partial charge on any atom is 0.573 e. The molecule has 12 heteroatoms. The first-order chi connectivity index (χ1) is 18.1. The average molecular weight is 558 g/mol. The van der Waals surface area contributed by atoms with Crippen LogP contribution in [0.4, 0.5) is 26.3 Å². The summed E-state index contributed by atoms with van der Waals surface area (Å²) in [5.74, 6) is -1.27. The van der Waals surface area contributed by atoms with Crippen LogP contribution in [0.5, 0.6) is 5.75 Å². The Kier molecular flexibility index (Phi) is 7.63. The Balaban J connectivity index is 1.53. The van der Waals surface area contributed by atoms with E-state index in [0.717, 1.165) is 24.3 Å². The van der Waals surface area contributed by atoms with Crippen molar-refractivity contribution in [1.82, 2.24) is 10.2 Å². The summed E-state index contributed by atoms with van der Waals surface area (Å²) >= 11 is 0. The zero-order chi connectivity index (χ0) is 28.6. The molecule has 1 atom stereocenters. The van der Waals surface area contributed by atoms with Gasteiger partial charge in [-0.05, 0) is 68.0 Å². The second-order valence-electron chi connectivity index (χ2n) is 10.6. The number of benzene rings is 2. The molecule has 0 aromatic heterocycles. The van der Waals surface area contributed by atoms with Crippen molar-refractivity contribution in [2.24, 2.45) is 5.73 Å². The normalized spacial score (nSPS) is 19.2. The highest BCUT2D eigenvalue weighted by Gasteiger charge is 2.52. The van der Waals surface area contributed by atoms with Gasteiger partial charge in [-0.15, -0.1) is 13.2 Å². The molecule has 2 amide bonds. The molecule has 2 aromatic rings. The molecule has 1 saturated heterocycles. The molecule has 2 fully saturated rings. The van der Waals surface area contributed by atoms with E-state index in [2.05, 4.69) is 10.1 Å². The van der Waals surface area contributed by atoms with E-state index < -0.39 is 46.8 Å². The van der Waals surface area contributed by atoms with Crippen molar-refractivity contribution < 1.29 is 40.7 Å². The SMILES string of the molecule is CC1(N)CCN(C(=O)C(Cc2ccc(C(F)(F)F)cc2)NC(=O)C2(c3ccc(OC(F)(F)F)cc3)CC2)CC1. The highest BCUT2D eigenvalue weighted by atomic mass is 19.4. The minimum atomic E-state index is -4.85. The van der Waals surface area contributed by atoms with Gasteiger partial charge in [-0.2, -0.15) is 13.2 Å². The lowest BCUT2D eigenvalue weighted by atomic mass is 9.90. The van der Waals surface area contributed by atoms with Gasteiger partial charge in [-0.25, -0.2) is 0 Å². The number of rotatable bonds is 7. The summed E-state index contributed by atoms with van der Waals surface area (Å²) < 4.78 is 80.4. The second kappa shape index (κ2) is 10.4. The Morgan fingerprint density at radius 2 is 1.51 bits per heavy atom. The molecule has 1 heterocycles. The van der Waals surface area contributed by atoms with Crippen molar-refractivity contribution in [2.75, 3.05) is 13.1 Å². The van der Waals surface area contributed by atoms with E-state index in [4.69, 9.17) is 5.73 Å². The predicted molar refractivity (Wildman–Crippen MR) is 130 cm³/mol. The lowest BCUT2D eigenvalue weighted by molar-refractivity contribution is -0.274. The molecule has 1 aliphatic carbocycles. The van der Waals surface area contributed by atoms with E-state index >= 15 is 0 Å². The van der Waals surface area contributed by atoms with Gasteiger partial charge in [0, 0.05) is 25.0 Å².